The summed E-state index contributed by atoms with van der Waals surface area (Å²) in [4.78, 5) is 14.0. The Balaban J connectivity index is 1.91. The maximum absolute atomic E-state index is 12.1. The highest BCUT2D eigenvalue weighted by Gasteiger charge is 2.36. The summed E-state index contributed by atoms with van der Waals surface area (Å²) in [6.07, 6.45) is 4.25. The maximum Gasteiger partial charge on any atom is 0.227 e. The molecular weight excluding hydrogens is 192 g/mol. The van der Waals surface area contributed by atoms with E-state index in [0.717, 1.165) is 38.8 Å². The van der Waals surface area contributed by atoms with Crippen molar-refractivity contribution in [3.05, 3.63) is 0 Å². The number of hydrogen-bond acceptors (Lipinski definition) is 3. The highest BCUT2D eigenvalue weighted by molar-refractivity contribution is 5.80. The smallest absolute Gasteiger partial charge is 0.227 e. The van der Waals surface area contributed by atoms with Gasteiger partial charge in [-0.3, -0.25) is 4.79 Å². The second-order valence-corrected chi connectivity index (χ2v) is 4.63. The number of nitrogens with zero attached hydrogens (tertiary/aromatic N) is 1. The molecule has 1 amide bonds. The number of carbonyl (C=O) groups is 1. The number of rotatable bonds is 2. The minimum Gasteiger partial charge on any atom is -0.380 e. The van der Waals surface area contributed by atoms with Crippen molar-refractivity contribution in [1.29, 1.82) is 0 Å². The van der Waals surface area contributed by atoms with Crippen LogP contribution in [0.5, 0.6) is 0 Å². The average Bonchev–Trinajstić information content (AvgIpc) is 2.84. The van der Waals surface area contributed by atoms with E-state index in [1.165, 1.54) is 0 Å². The molecule has 0 spiro atoms. The molecule has 2 aliphatic rings. The standard InChI is InChI=1S/C11H20N2O2/c1-15-8-5-6-13(7-8)11(14)9-3-2-4-10(9)12/h8-10H,2-7,12H2,1H3. The van der Waals surface area contributed by atoms with E-state index < -0.39 is 0 Å². The van der Waals surface area contributed by atoms with Crippen LogP contribution < -0.4 is 5.73 Å². The van der Waals surface area contributed by atoms with Crippen LogP contribution in [-0.2, 0) is 9.53 Å². The molecule has 4 nitrogen and oxygen atoms in total. The molecule has 2 rings (SSSR count). The van der Waals surface area contributed by atoms with Crippen molar-refractivity contribution in [2.45, 2.75) is 37.8 Å². The van der Waals surface area contributed by atoms with Gasteiger partial charge < -0.3 is 15.4 Å². The first-order valence-corrected chi connectivity index (χ1v) is 5.79. The number of nitrogens with two attached hydrogens (primary N) is 1. The Morgan fingerprint density at radius 3 is 2.73 bits per heavy atom. The summed E-state index contributed by atoms with van der Waals surface area (Å²) in [5.74, 6) is 0.320. The number of carbonyl (C=O) groups excluding carboxylic acids is 1. The van der Waals surface area contributed by atoms with Crippen molar-refractivity contribution < 1.29 is 9.53 Å². The van der Waals surface area contributed by atoms with Crippen LogP contribution in [0.15, 0.2) is 0 Å². The van der Waals surface area contributed by atoms with Gasteiger partial charge in [0.05, 0.1) is 12.0 Å². The van der Waals surface area contributed by atoms with Gasteiger partial charge in [0.25, 0.3) is 0 Å². The average molecular weight is 212 g/mol. The van der Waals surface area contributed by atoms with Crippen molar-refractivity contribution in [2.75, 3.05) is 20.2 Å². The Bertz CT molecular complexity index is 245. The monoisotopic (exact) mass is 212 g/mol. The molecule has 0 aromatic rings. The minimum atomic E-state index is 0.0700. The number of amides is 1. The summed E-state index contributed by atoms with van der Waals surface area (Å²) in [6, 6.07) is 0.0825. The first-order valence-electron chi connectivity index (χ1n) is 5.79. The summed E-state index contributed by atoms with van der Waals surface area (Å²) >= 11 is 0. The van der Waals surface area contributed by atoms with Crippen LogP contribution in [-0.4, -0.2) is 43.2 Å². The first kappa shape index (κ1) is 10.9. The third kappa shape index (κ3) is 2.16. The van der Waals surface area contributed by atoms with Crippen LogP contribution in [0.2, 0.25) is 0 Å². The highest BCUT2D eigenvalue weighted by atomic mass is 16.5. The molecule has 0 bridgehead atoms. The molecule has 15 heavy (non-hydrogen) atoms. The Morgan fingerprint density at radius 1 is 1.40 bits per heavy atom. The van der Waals surface area contributed by atoms with E-state index in [1.54, 1.807) is 7.11 Å². The molecule has 1 aliphatic heterocycles. The van der Waals surface area contributed by atoms with E-state index >= 15 is 0 Å². The Morgan fingerprint density at radius 2 is 2.20 bits per heavy atom. The fraction of sp³-hybridized carbons (Fsp3) is 0.909. The van der Waals surface area contributed by atoms with E-state index in [1.807, 2.05) is 4.90 Å². The molecular formula is C11H20N2O2. The predicted molar refractivity (Wildman–Crippen MR) is 57.3 cm³/mol. The fourth-order valence-electron chi connectivity index (χ4n) is 2.65. The normalized spacial score (nSPS) is 36.1. The number of methoxy groups -OCH3 is 1. The molecule has 1 saturated heterocycles. The lowest BCUT2D eigenvalue weighted by Gasteiger charge is -2.22. The maximum atomic E-state index is 12.1. The molecule has 0 radical (unpaired) electrons. The Kier molecular flexibility index (Phi) is 3.26. The quantitative estimate of drug-likeness (QED) is 0.719. The lowest BCUT2D eigenvalue weighted by molar-refractivity contribution is -0.135. The topological polar surface area (TPSA) is 55.6 Å². The summed E-state index contributed by atoms with van der Waals surface area (Å²) in [5.41, 5.74) is 5.94. The van der Waals surface area contributed by atoms with Gasteiger partial charge in [-0.25, -0.2) is 0 Å². The van der Waals surface area contributed by atoms with Crippen molar-refractivity contribution >= 4 is 5.91 Å². The number of ether oxygens (including phenoxy) is 1. The van der Waals surface area contributed by atoms with Gasteiger partial charge in [0.2, 0.25) is 5.91 Å². The highest BCUT2D eigenvalue weighted by Crippen LogP contribution is 2.27. The van der Waals surface area contributed by atoms with Crippen LogP contribution in [0.25, 0.3) is 0 Å². The lowest BCUT2D eigenvalue weighted by Crippen LogP contribution is -2.41. The van der Waals surface area contributed by atoms with Gasteiger partial charge in [-0.2, -0.15) is 0 Å². The minimum absolute atomic E-state index is 0.0700. The van der Waals surface area contributed by atoms with Crippen molar-refractivity contribution in [1.82, 2.24) is 4.90 Å². The van der Waals surface area contributed by atoms with E-state index in [2.05, 4.69) is 0 Å². The molecule has 2 fully saturated rings. The zero-order chi connectivity index (χ0) is 10.8. The van der Waals surface area contributed by atoms with E-state index in [0.29, 0.717) is 0 Å². The van der Waals surface area contributed by atoms with E-state index in [-0.39, 0.29) is 24.0 Å². The number of likely N-dealkylation sites (tertiary alicyclic amines) is 1. The molecule has 86 valence electrons. The van der Waals surface area contributed by atoms with Gasteiger partial charge in [-0.05, 0) is 19.3 Å². The Labute approximate surface area is 90.8 Å². The third-order valence-corrected chi connectivity index (χ3v) is 3.68. The van der Waals surface area contributed by atoms with Crippen molar-refractivity contribution in [3.8, 4) is 0 Å². The second-order valence-electron chi connectivity index (χ2n) is 4.63. The predicted octanol–water partition coefficient (Wildman–Crippen LogP) is 0.361. The van der Waals surface area contributed by atoms with Gasteiger partial charge in [0.1, 0.15) is 0 Å². The second kappa shape index (κ2) is 4.49. The van der Waals surface area contributed by atoms with Crippen molar-refractivity contribution in [2.24, 2.45) is 11.7 Å². The zero-order valence-corrected chi connectivity index (χ0v) is 9.32. The lowest BCUT2D eigenvalue weighted by atomic mass is 10.0. The third-order valence-electron chi connectivity index (χ3n) is 3.68. The van der Waals surface area contributed by atoms with Crippen LogP contribution >= 0.6 is 0 Å². The largest absolute Gasteiger partial charge is 0.380 e. The molecule has 0 aromatic heterocycles. The number of hydrogen-bond donors (Lipinski definition) is 1. The molecule has 3 unspecified atom stereocenters. The van der Waals surface area contributed by atoms with Crippen LogP contribution in [0.1, 0.15) is 25.7 Å². The molecule has 0 aromatic carbocycles. The van der Waals surface area contributed by atoms with Gasteiger partial charge in [0.15, 0.2) is 0 Å². The summed E-state index contributed by atoms with van der Waals surface area (Å²) in [7, 11) is 1.71. The molecule has 2 N–H and O–H groups in total. The van der Waals surface area contributed by atoms with Gasteiger partial charge in [0, 0.05) is 26.2 Å². The summed E-state index contributed by atoms with van der Waals surface area (Å²) in [5, 5.41) is 0. The van der Waals surface area contributed by atoms with E-state index in [9.17, 15) is 4.79 Å². The van der Waals surface area contributed by atoms with Gasteiger partial charge >= 0.3 is 0 Å². The molecule has 4 heteroatoms. The summed E-state index contributed by atoms with van der Waals surface area (Å²) < 4.78 is 5.26. The van der Waals surface area contributed by atoms with Gasteiger partial charge in [-0.15, -0.1) is 0 Å². The Hall–Kier alpha value is -0.610. The van der Waals surface area contributed by atoms with Gasteiger partial charge in [-0.1, -0.05) is 6.42 Å². The van der Waals surface area contributed by atoms with Crippen LogP contribution in [0, 0.1) is 5.92 Å². The van der Waals surface area contributed by atoms with Crippen molar-refractivity contribution in [3.63, 3.8) is 0 Å². The first-order chi connectivity index (χ1) is 7.22. The zero-order valence-electron chi connectivity index (χ0n) is 9.32. The SMILES string of the molecule is COC1CCN(C(=O)C2CCCC2N)C1. The molecule has 3 atom stereocenters. The fourth-order valence-corrected chi connectivity index (χ4v) is 2.65. The van der Waals surface area contributed by atoms with Crippen LogP contribution in [0.4, 0.5) is 0 Å². The summed E-state index contributed by atoms with van der Waals surface area (Å²) in [6.45, 7) is 1.58. The molecule has 1 aliphatic carbocycles. The van der Waals surface area contributed by atoms with Crippen LogP contribution in [0.3, 0.4) is 0 Å². The van der Waals surface area contributed by atoms with E-state index in [4.69, 9.17) is 10.5 Å². The molecule has 1 saturated carbocycles. The molecule has 1 heterocycles.